The first-order chi connectivity index (χ1) is 21.5. The van der Waals surface area contributed by atoms with Crippen molar-refractivity contribution in [3.63, 3.8) is 0 Å². The standard InChI is InChI=1S/C32H39F3N4O5S/c1-43-20-24(40)19-38-15-12-22(13-16-38)37-28-6-3-7-30-27(28)17-23(39(30)21-32(33,34)35)5-4-14-36-29-11-10-26(18-31(29)44-2)45(41,42)25-8-9-25/h3,6-7,10-11,17-18,22,24-25,36-37,40H,8-9,12-16,19-21H2,1-2H3. The van der Waals surface area contributed by atoms with Crippen LogP contribution in [0.5, 0.6) is 5.75 Å². The Labute approximate surface area is 261 Å². The van der Waals surface area contributed by atoms with Gasteiger partial charge in [0.15, 0.2) is 9.84 Å². The second-order valence-electron chi connectivity index (χ2n) is 11.6. The zero-order valence-corrected chi connectivity index (χ0v) is 26.2. The molecule has 0 bridgehead atoms. The molecule has 1 unspecified atom stereocenters. The molecule has 1 aromatic heterocycles. The molecule has 0 spiro atoms. The molecule has 9 nitrogen and oxygen atoms in total. The predicted molar refractivity (Wildman–Crippen MR) is 168 cm³/mol. The minimum Gasteiger partial charge on any atom is -0.495 e. The highest BCUT2D eigenvalue weighted by Gasteiger charge is 2.37. The first-order valence-electron chi connectivity index (χ1n) is 15.0. The van der Waals surface area contributed by atoms with Crippen molar-refractivity contribution in [2.45, 2.75) is 60.7 Å². The summed E-state index contributed by atoms with van der Waals surface area (Å²) in [6.45, 7) is 1.32. The molecule has 0 amide bonds. The fraction of sp³-hybridized carbons (Fsp3) is 0.500. The summed E-state index contributed by atoms with van der Waals surface area (Å²) in [6, 6.07) is 11.7. The second kappa shape index (κ2) is 13.9. The number of likely N-dealkylation sites (tertiary alicyclic amines) is 1. The molecule has 0 radical (unpaired) electrons. The van der Waals surface area contributed by atoms with Crippen molar-refractivity contribution in [3.8, 4) is 17.6 Å². The zero-order valence-electron chi connectivity index (χ0n) is 25.4. The van der Waals surface area contributed by atoms with Crippen molar-refractivity contribution in [2.75, 3.05) is 57.6 Å². The molecule has 2 fully saturated rings. The number of hydrogen-bond acceptors (Lipinski definition) is 8. The summed E-state index contributed by atoms with van der Waals surface area (Å²) in [6.07, 6.45) is -2.02. The molecule has 1 atom stereocenters. The van der Waals surface area contributed by atoms with Gasteiger partial charge in [-0.25, -0.2) is 8.42 Å². The number of piperidine rings is 1. The number of halogens is 3. The molecular weight excluding hydrogens is 609 g/mol. The maximum atomic E-state index is 13.7. The lowest BCUT2D eigenvalue weighted by atomic mass is 10.0. The number of aliphatic hydroxyl groups excluding tert-OH is 1. The summed E-state index contributed by atoms with van der Waals surface area (Å²) in [5, 5.41) is 17.0. The van der Waals surface area contributed by atoms with E-state index in [1.165, 1.54) is 23.8 Å². The van der Waals surface area contributed by atoms with Crippen LogP contribution < -0.4 is 15.4 Å². The first-order valence-corrected chi connectivity index (χ1v) is 16.5. The minimum absolute atomic E-state index is 0.0986. The van der Waals surface area contributed by atoms with Crippen LogP contribution in [0.15, 0.2) is 47.4 Å². The molecule has 2 aliphatic rings. The van der Waals surface area contributed by atoms with E-state index in [2.05, 4.69) is 27.4 Å². The lowest BCUT2D eigenvalue weighted by Crippen LogP contribution is -2.43. The van der Waals surface area contributed by atoms with E-state index < -0.39 is 28.7 Å². The number of alkyl halides is 3. The average molecular weight is 649 g/mol. The molecule has 2 aromatic carbocycles. The number of nitrogens with zero attached hydrogens (tertiary/aromatic N) is 2. The van der Waals surface area contributed by atoms with E-state index in [4.69, 9.17) is 9.47 Å². The highest BCUT2D eigenvalue weighted by Crippen LogP contribution is 2.36. The van der Waals surface area contributed by atoms with Gasteiger partial charge in [0.2, 0.25) is 0 Å². The Morgan fingerprint density at radius 1 is 1.07 bits per heavy atom. The lowest BCUT2D eigenvalue weighted by molar-refractivity contribution is -0.140. The number of aliphatic hydroxyl groups is 1. The second-order valence-corrected chi connectivity index (χ2v) is 13.8. The minimum atomic E-state index is -4.44. The fourth-order valence-corrected chi connectivity index (χ4v) is 7.40. The van der Waals surface area contributed by atoms with Gasteiger partial charge in [-0.2, -0.15) is 13.2 Å². The molecule has 13 heteroatoms. The van der Waals surface area contributed by atoms with Crippen LogP contribution in [0.25, 0.3) is 10.9 Å². The summed E-state index contributed by atoms with van der Waals surface area (Å²) in [5.41, 5.74) is 1.95. The Hall–Kier alpha value is -3.44. The molecule has 1 saturated carbocycles. The quantitative estimate of drug-likeness (QED) is 0.247. The highest BCUT2D eigenvalue weighted by molar-refractivity contribution is 7.92. The summed E-state index contributed by atoms with van der Waals surface area (Å²) >= 11 is 0. The molecule has 244 valence electrons. The Morgan fingerprint density at radius 2 is 1.82 bits per heavy atom. The molecule has 2 heterocycles. The summed E-state index contributed by atoms with van der Waals surface area (Å²) in [4.78, 5) is 2.38. The van der Waals surface area contributed by atoms with Crippen LogP contribution in [-0.4, -0.2) is 93.6 Å². The van der Waals surface area contributed by atoms with Crippen LogP contribution in [0.4, 0.5) is 24.5 Å². The molecule has 1 aliphatic heterocycles. The lowest BCUT2D eigenvalue weighted by Gasteiger charge is -2.34. The maximum absolute atomic E-state index is 13.7. The van der Waals surface area contributed by atoms with Gasteiger partial charge in [-0.3, -0.25) is 0 Å². The number of β-amino-alcohol motifs (C(OH)–C–C–N with tert-alkyl or cyclic N) is 1. The number of rotatable bonds is 12. The fourth-order valence-electron chi connectivity index (χ4n) is 5.73. The molecule has 3 aromatic rings. The Balaban J connectivity index is 1.31. The maximum Gasteiger partial charge on any atom is 0.406 e. The van der Waals surface area contributed by atoms with E-state index in [9.17, 15) is 26.7 Å². The van der Waals surface area contributed by atoms with Crippen LogP contribution in [0.1, 0.15) is 31.4 Å². The van der Waals surface area contributed by atoms with Gasteiger partial charge in [0, 0.05) is 49.9 Å². The number of nitrogens with one attached hydrogen (secondary N) is 2. The molecular formula is C32H39F3N4O5S. The SMILES string of the molecule is COCC(O)CN1CCC(Nc2cccc3c2cc(C#CCNc2ccc(S(=O)(=O)C4CC4)cc2OC)n3CC(F)(F)F)CC1. The van der Waals surface area contributed by atoms with Crippen LogP contribution in [-0.2, 0) is 21.1 Å². The highest BCUT2D eigenvalue weighted by atomic mass is 32.2. The third kappa shape index (κ3) is 8.24. The third-order valence-electron chi connectivity index (χ3n) is 8.11. The van der Waals surface area contributed by atoms with Crippen LogP contribution in [0, 0.1) is 11.8 Å². The van der Waals surface area contributed by atoms with Gasteiger partial charge in [-0.15, -0.1) is 0 Å². The Bertz CT molecular complexity index is 1650. The monoisotopic (exact) mass is 648 g/mol. The zero-order chi connectivity index (χ0) is 32.2. The molecule has 3 N–H and O–H groups in total. The Morgan fingerprint density at radius 3 is 2.49 bits per heavy atom. The van der Waals surface area contributed by atoms with Gasteiger partial charge in [-0.05, 0) is 61.9 Å². The van der Waals surface area contributed by atoms with E-state index >= 15 is 0 Å². The van der Waals surface area contributed by atoms with Gasteiger partial charge in [0.1, 0.15) is 12.3 Å². The summed E-state index contributed by atoms with van der Waals surface area (Å²) < 4.78 is 77.8. The number of hydrogen-bond donors (Lipinski definition) is 3. The van der Waals surface area contributed by atoms with E-state index in [1.807, 2.05) is 6.07 Å². The van der Waals surface area contributed by atoms with Crippen LogP contribution in [0.3, 0.4) is 0 Å². The molecule has 5 rings (SSSR count). The van der Waals surface area contributed by atoms with E-state index in [-0.39, 0.29) is 35.0 Å². The van der Waals surface area contributed by atoms with Gasteiger partial charge in [0.25, 0.3) is 0 Å². The van der Waals surface area contributed by atoms with Crippen LogP contribution >= 0.6 is 0 Å². The number of aromatic nitrogens is 1. The van der Waals surface area contributed by atoms with Crippen molar-refractivity contribution in [1.29, 1.82) is 0 Å². The van der Waals surface area contributed by atoms with Gasteiger partial charge in [-0.1, -0.05) is 12.0 Å². The van der Waals surface area contributed by atoms with Gasteiger partial charge < -0.3 is 34.7 Å². The summed E-state index contributed by atoms with van der Waals surface area (Å²) in [7, 11) is -0.384. The van der Waals surface area contributed by atoms with Gasteiger partial charge in [0.05, 0.1) is 53.4 Å². The van der Waals surface area contributed by atoms with Crippen LogP contribution in [0.2, 0.25) is 0 Å². The number of fused-ring (bicyclic) bond motifs is 1. The first kappa shape index (κ1) is 32.9. The van der Waals surface area contributed by atoms with Gasteiger partial charge >= 0.3 is 6.18 Å². The van der Waals surface area contributed by atoms with E-state index in [1.54, 1.807) is 31.4 Å². The Kier molecular flexibility index (Phi) is 10.2. The third-order valence-corrected chi connectivity index (χ3v) is 10.4. The number of ether oxygens (including phenoxy) is 2. The smallest absolute Gasteiger partial charge is 0.406 e. The van der Waals surface area contributed by atoms with Crippen molar-refractivity contribution in [3.05, 3.63) is 48.2 Å². The van der Waals surface area contributed by atoms with E-state index in [0.29, 0.717) is 41.7 Å². The topological polar surface area (TPSA) is 105 Å². The molecule has 45 heavy (non-hydrogen) atoms. The van der Waals surface area contributed by atoms with Crippen molar-refractivity contribution in [1.82, 2.24) is 9.47 Å². The number of benzene rings is 2. The molecule has 1 saturated heterocycles. The largest absolute Gasteiger partial charge is 0.495 e. The average Bonchev–Trinajstić information content (AvgIpc) is 3.81. The van der Waals surface area contributed by atoms with Crippen molar-refractivity contribution >= 4 is 32.1 Å². The number of methoxy groups -OCH3 is 2. The van der Waals surface area contributed by atoms with Crippen molar-refractivity contribution < 1.29 is 36.2 Å². The number of sulfone groups is 1. The number of anilines is 2. The van der Waals surface area contributed by atoms with E-state index in [0.717, 1.165) is 31.6 Å². The predicted octanol–water partition coefficient (Wildman–Crippen LogP) is 4.50. The normalized spacial score (nSPS) is 17.1. The summed E-state index contributed by atoms with van der Waals surface area (Å²) in [5.74, 6) is 6.16. The molecule has 1 aliphatic carbocycles. The van der Waals surface area contributed by atoms with Crippen molar-refractivity contribution in [2.24, 2.45) is 0 Å².